The summed E-state index contributed by atoms with van der Waals surface area (Å²) in [6.45, 7) is 4.43. The number of Topliss-reactive ketones (excluding diaryl/α,β-unsaturated/α-hetero) is 1. The van der Waals surface area contributed by atoms with E-state index in [2.05, 4.69) is 17.4 Å². The van der Waals surface area contributed by atoms with Crippen LogP contribution >= 0.6 is 12.4 Å². The van der Waals surface area contributed by atoms with Gasteiger partial charge in [-0.05, 0) is 25.0 Å². The van der Waals surface area contributed by atoms with Gasteiger partial charge in [0.1, 0.15) is 0 Å². The molecule has 0 aromatic heterocycles. The Morgan fingerprint density at radius 3 is 2.13 bits per heavy atom. The average molecular weight is 334 g/mol. The van der Waals surface area contributed by atoms with E-state index in [4.69, 9.17) is 5.11 Å². The van der Waals surface area contributed by atoms with E-state index < -0.39 is 0 Å². The van der Waals surface area contributed by atoms with Gasteiger partial charge in [0.15, 0.2) is 5.78 Å². The molecule has 0 aliphatic heterocycles. The maximum Gasteiger partial charge on any atom is 0.164 e. The topological polar surface area (TPSA) is 49.3 Å². The predicted octanol–water partition coefficient (Wildman–Crippen LogP) is 3.71. The maximum atomic E-state index is 12.2. The quantitative estimate of drug-likeness (QED) is 0.759. The van der Waals surface area contributed by atoms with Crippen molar-refractivity contribution in [3.63, 3.8) is 0 Å². The van der Waals surface area contributed by atoms with Crippen molar-refractivity contribution in [1.29, 1.82) is 0 Å². The van der Waals surface area contributed by atoms with Gasteiger partial charge in [0.05, 0.1) is 6.61 Å². The molecule has 2 rings (SSSR count). The van der Waals surface area contributed by atoms with Crippen LogP contribution in [-0.2, 0) is 0 Å². The minimum Gasteiger partial charge on any atom is -0.394 e. The zero-order valence-corrected chi connectivity index (χ0v) is 14.4. The fraction of sp³-hybridized carbons (Fsp3) is 0.316. The monoisotopic (exact) mass is 333 g/mol. The lowest BCUT2D eigenvalue weighted by molar-refractivity contribution is 0.0976. The SMILES string of the molecule is CC(C)(CO)NCCC(=O)c1ccc(-c2ccccc2)cc1.Cl. The van der Waals surface area contributed by atoms with E-state index in [1.165, 1.54) is 0 Å². The average Bonchev–Trinajstić information content (AvgIpc) is 2.55. The fourth-order valence-electron chi connectivity index (χ4n) is 2.19. The molecular weight excluding hydrogens is 310 g/mol. The van der Waals surface area contributed by atoms with Crippen molar-refractivity contribution in [2.75, 3.05) is 13.2 Å². The molecule has 0 radical (unpaired) electrons. The molecule has 2 aromatic rings. The van der Waals surface area contributed by atoms with Crippen LogP contribution in [0, 0.1) is 0 Å². The third-order valence-corrected chi connectivity index (χ3v) is 3.66. The third-order valence-electron chi connectivity index (χ3n) is 3.66. The summed E-state index contributed by atoms with van der Waals surface area (Å²) in [6.07, 6.45) is 0.425. The molecule has 0 saturated heterocycles. The van der Waals surface area contributed by atoms with Gasteiger partial charge in [-0.2, -0.15) is 0 Å². The van der Waals surface area contributed by atoms with Crippen LogP contribution in [0.2, 0.25) is 0 Å². The fourth-order valence-corrected chi connectivity index (χ4v) is 2.19. The largest absolute Gasteiger partial charge is 0.394 e. The van der Waals surface area contributed by atoms with Crippen molar-refractivity contribution >= 4 is 18.2 Å². The number of aliphatic hydroxyl groups is 1. The van der Waals surface area contributed by atoms with Gasteiger partial charge in [-0.3, -0.25) is 4.79 Å². The normalized spacial score (nSPS) is 10.9. The molecule has 0 amide bonds. The number of halogens is 1. The Morgan fingerprint density at radius 2 is 1.57 bits per heavy atom. The van der Waals surface area contributed by atoms with Crippen LogP contribution in [0.5, 0.6) is 0 Å². The summed E-state index contributed by atoms with van der Waals surface area (Å²) >= 11 is 0. The first-order valence-corrected chi connectivity index (χ1v) is 7.56. The second kappa shape index (κ2) is 8.82. The van der Waals surface area contributed by atoms with E-state index in [1.54, 1.807) is 0 Å². The highest BCUT2D eigenvalue weighted by molar-refractivity contribution is 5.96. The maximum absolute atomic E-state index is 12.2. The standard InChI is InChI=1S/C19H23NO2.ClH/c1-19(2,14-21)20-13-12-18(22)17-10-8-16(9-11-17)15-6-4-3-5-7-15;/h3-11,20-21H,12-14H2,1-2H3;1H. The minimum atomic E-state index is -0.350. The molecule has 0 saturated carbocycles. The highest BCUT2D eigenvalue weighted by Crippen LogP contribution is 2.19. The molecule has 0 heterocycles. The van der Waals surface area contributed by atoms with Crippen molar-refractivity contribution < 1.29 is 9.90 Å². The van der Waals surface area contributed by atoms with E-state index in [1.807, 2.05) is 56.3 Å². The van der Waals surface area contributed by atoms with Gasteiger partial charge in [-0.25, -0.2) is 0 Å². The Bertz CT molecular complexity index is 609. The lowest BCUT2D eigenvalue weighted by Crippen LogP contribution is -2.43. The third kappa shape index (κ3) is 5.79. The van der Waals surface area contributed by atoms with Gasteiger partial charge >= 0.3 is 0 Å². The van der Waals surface area contributed by atoms with Crippen LogP contribution in [-0.4, -0.2) is 29.6 Å². The van der Waals surface area contributed by atoms with Gasteiger partial charge in [0.25, 0.3) is 0 Å². The van der Waals surface area contributed by atoms with Crippen LogP contribution in [0.15, 0.2) is 54.6 Å². The summed E-state index contributed by atoms with van der Waals surface area (Å²) in [4.78, 5) is 12.2. The van der Waals surface area contributed by atoms with E-state index >= 15 is 0 Å². The molecule has 0 spiro atoms. The smallest absolute Gasteiger partial charge is 0.164 e. The number of rotatable bonds is 7. The molecule has 0 bridgehead atoms. The Morgan fingerprint density at radius 1 is 1.00 bits per heavy atom. The Labute approximate surface area is 144 Å². The van der Waals surface area contributed by atoms with Crippen molar-refractivity contribution in [3.8, 4) is 11.1 Å². The number of benzene rings is 2. The zero-order chi connectivity index (χ0) is 16.0. The number of ketones is 1. The van der Waals surface area contributed by atoms with E-state index in [0.717, 1.165) is 16.7 Å². The number of carbonyl (C=O) groups excluding carboxylic acids is 1. The number of hydrogen-bond acceptors (Lipinski definition) is 3. The molecule has 0 aliphatic carbocycles. The summed E-state index contributed by atoms with van der Waals surface area (Å²) in [5.74, 6) is 0.112. The first-order chi connectivity index (χ1) is 10.5. The number of aliphatic hydroxyl groups excluding tert-OH is 1. The van der Waals surface area contributed by atoms with Gasteiger partial charge in [0, 0.05) is 24.1 Å². The number of carbonyl (C=O) groups is 1. The Hall–Kier alpha value is -1.68. The van der Waals surface area contributed by atoms with E-state index in [0.29, 0.717) is 13.0 Å². The second-order valence-corrected chi connectivity index (χ2v) is 6.09. The van der Waals surface area contributed by atoms with Gasteiger partial charge in [0.2, 0.25) is 0 Å². The van der Waals surface area contributed by atoms with Crippen molar-refractivity contribution in [1.82, 2.24) is 5.32 Å². The van der Waals surface area contributed by atoms with Crippen LogP contribution in [0.1, 0.15) is 30.6 Å². The summed E-state index contributed by atoms with van der Waals surface area (Å²) in [5, 5.41) is 12.3. The summed E-state index contributed by atoms with van der Waals surface area (Å²) < 4.78 is 0. The minimum absolute atomic E-state index is 0. The molecule has 2 aromatic carbocycles. The highest BCUT2D eigenvalue weighted by Gasteiger charge is 2.15. The molecule has 124 valence electrons. The van der Waals surface area contributed by atoms with Crippen LogP contribution < -0.4 is 5.32 Å². The van der Waals surface area contributed by atoms with E-state index in [-0.39, 0.29) is 30.3 Å². The summed E-state index contributed by atoms with van der Waals surface area (Å²) in [6, 6.07) is 17.8. The molecule has 3 nitrogen and oxygen atoms in total. The van der Waals surface area contributed by atoms with Crippen LogP contribution in [0.3, 0.4) is 0 Å². The van der Waals surface area contributed by atoms with Gasteiger partial charge in [-0.1, -0.05) is 54.6 Å². The first kappa shape index (κ1) is 19.4. The van der Waals surface area contributed by atoms with Crippen molar-refractivity contribution in [3.05, 3.63) is 60.2 Å². The van der Waals surface area contributed by atoms with E-state index in [9.17, 15) is 4.79 Å². The predicted molar refractivity (Wildman–Crippen MR) is 97.2 cm³/mol. The van der Waals surface area contributed by atoms with Gasteiger partial charge in [-0.15, -0.1) is 12.4 Å². The van der Waals surface area contributed by atoms with Crippen LogP contribution in [0.4, 0.5) is 0 Å². The lowest BCUT2D eigenvalue weighted by Gasteiger charge is -2.23. The lowest BCUT2D eigenvalue weighted by atomic mass is 10.0. The van der Waals surface area contributed by atoms with Crippen molar-refractivity contribution in [2.24, 2.45) is 0 Å². The Balaban J connectivity index is 0.00000264. The molecule has 23 heavy (non-hydrogen) atoms. The number of nitrogens with one attached hydrogen (secondary N) is 1. The summed E-state index contributed by atoms with van der Waals surface area (Å²) in [7, 11) is 0. The molecule has 0 fully saturated rings. The molecule has 4 heteroatoms. The van der Waals surface area contributed by atoms with Crippen LogP contribution in [0.25, 0.3) is 11.1 Å². The van der Waals surface area contributed by atoms with Crippen molar-refractivity contribution in [2.45, 2.75) is 25.8 Å². The Kier molecular flexibility index (Phi) is 7.43. The zero-order valence-electron chi connectivity index (χ0n) is 13.6. The highest BCUT2D eigenvalue weighted by atomic mass is 35.5. The number of hydrogen-bond donors (Lipinski definition) is 2. The molecular formula is C19H24ClNO2. The summed E-state index contributed by atoms with van der Waals surface area (Å²) in [5.41, 5.74) is 2.63. The first-order valence-electron chi connectivity index (χ1n) is 7.56. The molecule has 0 unspecified atom stereocenters. The second-order valence-electron chi connectivity index (χ2n) is 6.09. The molecule has 0 atom stereocenters. The molecule has 2 N–H and O–H groups in total. The van der Waals surface area contributed by atoms with Gasteiger partial charge < -0.3 is 10.4 Å². The molecule has 0 aliphatic rings.